The average molecular weight is 305 g/mol. The highest BCUT2D eigenvalue weighted by molar-refractivity contribution is 7.99. The highest BCUT2D eigenvalue weighted by Gasteiger charge is 2.24. The molecule has 0 atom stereocenters. The van der Waals surface area contributed by atoms with Crippen LogP contribution >= 0.6 is 11.8 Å². The number of hydrogen-bond acceptors (Lipinski definition) is 5. The number of nitrogens with zero attached hydrogens (tertiary/aromatic N) is 3. The van der Waals surface area contributed by atoms with Crippen LogP contribution in [-0.2, 0) is 0 Å². The van der Waals surface area contributed by atoms with Crippen LogP contribution in [-0.4, -0.2) is 40.3 Å². The zero-order valence-electron chi connectivity index (χ0n) is 12.7. The largest absolute Gasteiger partial charge is 0.339 e. The lowest BCUT2D eigenvalue weighted by molar-refractivity contribution is 0.101. The molecule has 0 spiro atoms. The quantitative estimate of drug-likeness (QED) is 0.802. The van der Waals surface area contributed by atoms with Crippen LogP contribution in [0.2, 0.25) is 0 Å². The van der Waals surface area contributed by atoms with Gasteiger partial charge in [-0.2, -0.15) is 11.8 Å². The van der Waals surface area contributed by atoms with E-state index in [0.29, 0.717) is 5.92 Å². The average Bonchev–Trinajstić information content (AvgIpc) is 2.56. The molecule has 3 rings (SSSR count). The molecule has 0 amide bonds. The summed E-state index contributed by atoms with van der Waals surface area (Å²) in [5.41, 5.74) is 1.74. The van der Waals surface area contributed by atoms with E-state index in [-0.39, 0.29) is 5.78 Å². The first kappa shape index (κ1) is 14.8. The van der Waals surface area contributed by atoms with Gasteiger partial charge in [-0.05, 0) is 19.8 Å². The van der Waals surface area contributed by atoms with Crippen molar-refractivity contribution in [3.8, 4) is 0 Å². The molecule has 0 bridgehead atoms. The molecule has 2 heterocycles. The molecule has 1 saturated carbocycles. The van der Waals surface area contributed by atoms with E-state index in [1.54, 1.807) is 13.1 Å². The fraction of sp³-hybridized carbons (Fsp3) is 0.688. The molecule has 114 valence electrons. The Kier molecular flexibility index (Phi) is 4.78. The van der Waals surface area contributed by atoms with E-state index >= 15 is 0 Å². The molecule has 1 aliphatic heterocycles. The van der Waals surface area contributed by atoms with Crippen molar-refractivity contribution < 1.29 is 4.79 Å². The Morgan fingerprint density at radius 1 is 1.24 bits per heavy atom. The SMILES string of the molecule is CC(=O)c1cnc(N2CCSCC2)nc1C1CCCCC1. The minimum absolute atomic E-state index is 0.0938. The summed E-state index contributed by atoms with van der Waals surface area (Å²) in [6.45, 7) is 3.64. The van der Waals surface area contributed by atoms with Crippen LogP contribution in [0.5, 0.6) is 0 Å². The molecule has 0 unspecified atom stereocenters. The fourth-order valence-corrected chi connectivity index (χ4v) is 4.16. The summed E-state index contributed by atoms with van der Waals surface area (Å²) in [5, 5.41) is 0. The Balaban J connectivity index is 1.91. The van der Waals surface area contributed by atoms with E-state index in [2.05, 4.69) is 9.88 Å². The number of anilines is 1. The van der Waals surface area contributed by atoms with Crippen molar-refractivity contribution in [2.45, 2.75) is 44.9 Å². The molecule has 21 heavy (non-hydrogen) atoms. The second-order valence-electron chi connectivity index (χ2n) is 5.96. The van der Waals surface area contributed by atoms with Crippen molar-refractivity contribution in [2.75, 3.05) is 29.5 Å². The van der Waals surface area contributed by atoms with E-state index in [9.17, 15) is 4.79 Å². The maximum absolute atomic E-state index is 11.9. The van der Waals surface area contributed by atoms with Crippen LogP contribution in [0.25, 0.3) is 0 Å². The highest BCUT2D eigenvalue weighted by Crippen LogP contribution is 2.34. The van der Waals surface area contributed by atoms with Gasteiger partial charge in [-0.15, -0.1) is 0 Å². The Morgan fingerprint density at radius 2 is 1.95 bits per heavy atom. The van der Waals surface area contributed by atoms with Gasteiger partial charge in [0.25, 0.3) is 0 Å². The number of thioether (sulfide) groups is 1. The maximum atomic E-state index is 11.9. The van der Waals surface area contributed by atoms with Crippen molar-refractivity contribution in [3.05, 3.63) is 17.5 Å². The molecule has 2 aliphatic rings. The zero-order valence-corrected chi connectivity index (χ0v) is 13.5. The van der Waals surface area contributed by atoms with Crippen molar-refractivity contribution in [1.82, 2.24) is 9.97 Å². The van der Waals surface area contributed by atoms with Gasteiger partial charge in [0.05, 0.1) is 11.3 Å². The van der Waals surface area contributed by atoms with Crippen LogP contribution in [0.4, 0.5) is 5.95 Å². The van der Waals surface area contributed by atoms with Crippen LogP contribution in [0.1, 0.15) is 61.0 Å². The van der Waals surface area contributed by atoms with Gasteiger partial charge >= 0.3 is 0 Å². The van der Waals surface area contributed by atoms with Gasteiger partial charge in [0, 0.05) is 36.7 Å². The van der Waals surface area contributed by atoms with E-state index in [0.717, 1.165) is 54.6 Å². The van der Waals surface area contributed by atoms with Gasteiger partial charge in [-0.3, -0.25) is 4.79 Å². The molecule has 5 heteroatoms. The highest BCUT2D eigenvalue weighted by atomic mass is 32.2. The second kappa shape index (κ2) is 6.77. The minimum Gasteiger partial charge on any atom is -0.339 e. The molecule has 0 radical (unpaired) electrons. The Bertz CT molecular complexity index is 508. The minimum atomic E-state index is 0.0938. The molecule has 1 saturated heterocycles. The first-order chi connectivity index (χ1) is 10.3. The summed E-state index contributed by atoms with van der Waals surface area (Å²) in [6.07, 6.45) is 7.89. The lowest BCUT2D eigenvalue weighted by Gasteiger charge is -2.28. The maximum Gasteiger partial charge on any atom is 0.225 e. The Labute approximate surface area is 130 Å². The number of rotatable bonds is 3. The topological polar surface area (TPSA) is 46.1 Å². The Hall–Kier alpha value is -1.10. The number of aromatic nitrogens is 2. The molecular formula is C16H23N3OS. The summed E-state index contributed by atoms with van der Waals surface area (Å²) in [7, 11) is 0. The predicted octanol–water partition coefficient (Wildman–Crippen LogP) is 3.28. The summed E-state index contributed by atoms with van der Waals surface area (Å²) < 4.78 is 0. The molecular weight excluding hydrogens is 282 g/mol. The van der Waals surface area contributed by atoms with Crippen molar-refractivity contribution in [2.24, 2.45) is 0 Å². The molecule has 0 N–H and O–H groups in total. The molecule has 1 aromatic rings. The summed E-state index contributed by atoms with van der Waals surface area (Å²) in [4.78, 5) is 23.4. The zero-order chi connectivity index (χ0) is 14.7. The first-order valence-electron chi connectivity index (χ1n) is 7.96. The van der Waals surface area contributed by atoms with E-state index in [1.165, 1.54) is 19.3 Å². The van der Waals surface area contributed by atoms with Crippen LogP contribution in [0.15, 0.2) is 6.20 Å². The lowest BCUT2D eigenvalue weighted by Crippen LogP contribution is -2.34. The second-order valence-corrected chi connectivity index (χ2v) is 7.18. The molecule has 0 aromatic carbocycles. The number of ketones is 1. The molecule has 2 fully saturated rings. The van der Waals surface area contributed by atoms with E-state index in [1.807, 2.05) is 11.8 Å². The number of carbonyl (C=O) groups is 1. The van der Waals surface area contributed by atoms with Gasteiger partial charge < -0.3 is 4.90 Å². The third-order valence-electron chi connectivity index (χ3n) is 4.47. The standard InChI is InChI=1S/C16H23N3OS/c1-12(20)14-11-17-16(19-7-9-21-10-8-19)18-15(14)13-5-3-2-4-6-13/h11,13H,2-10H2,1H3. The smallest absolute Gasteiger partial charge is 0.225 e. The Morgan fingerprint density at radius 3 is 2.62 bits per heavy atom. The molecule has 1 aliphatic carbocycles. The predicted molar refractivity (Wildman–Crippen MR) is 87.4 cm³/mol. The summed E-state index contributed by atoms with van der Waals surface area (Å²) in [6, 6.07) is 0. The third kappa shape index (κ3) is 3.39. The van der Waals surface area contributed by atoms with Crippen LogP contribution in [0, 0.1) is 0 Å². The first-order valence-corrected chi connectivity index (χ1v) is 9.12. The van der Waals surface area contributed by atoms with Crippen LogP contribution < -0.4 is 4.90 Å². The number of hydrogen-bond donors (Lipinski definition) is 0. The summed E-state index contributed by atoms with van der Waals surface area (Å²) >= 11 is 1.98. The van der Waals surface area contributed by atoms with Gasteiger partial charge in [0.2, 0.25) is 5.95 Å². The van der Waals surface area contributed by atoms with Crippen molar-refractivity contribution in [3.63, 3.8) is 0 Å². The lowest BCUT2D eigenvalue weighted by atomic mass is 9.85. The van der Waals surface area contributed by atoms with Crippen molar-refractivity contribution >= 4 is 23.5 Å². The van der Waals surface area contributed by atoms with Gasteiger partial charge in [0.15, 0.2) is 5.78 Å². The van der Waals surface area contributed by atoms with Gasteiger partial charge in [-0.1, -0.05) is 19.3 Å². The van der Waals surface area contributed by atoms with E-state index in [4.69, 9.17) is 4.98 Å². The fourth-order valence-electron chi connectivity index (χ4n) is 3.26. The summed E-state index contributed by atoms with van der Waals surface area (Å²) in [5.74, 6) is 3.63. The number of Topliss-reactive ketones (excluding diaryl/α,β-unsaturated/α-hetero) is 1. The molecule has 1 aromatic heterocycles. The van der Waals surface area contributed by atoms with Gasteiger partial charge in [0.1, 0.15) is 0 Å². The van der Waals surface area contributed by atoms with Crippen molar-refractivity contribution in [1.29, 1.82) is 0 Å². The monoisotopic (exact) mass is 305 g/mol. The third-order valence-corrected chi connectivity index (χ3v) is 5.41. The van der Waals surface area contributed by atoms with E-state index < -0.39 is 0 Å². The normalized spacial score (nSPS) is 20.5. The van der Waals surface area contributed by atoms with Crippen LogP contribution in [0.3, 0.4) is 0 Å². The van der Waals surface area contributed by atoms with Gasteiger partial charge in [-0.25, -0.2) is 9.97 Å². The number of carbonyl (C=O) groups excluding carboxylic acids is 1. The molecule has 4 nitrogen and oxygen atoms in total.